The van der Waals surface area contributed by atoms with Crippen molar-refractivity contribution < 1.29 is 14.3 Å². The molecule has 7 nitrogen and oxygen atoms in total. The smallest absolute Gasteiger partial charge is 0.253 e. The van der Waals surface area contributed by atoms with Gasteiger partial charge in [-0.2, -0.15) is 0 Å². The summed E-state index contributed by atoms with van der Waals surface area (Å²) in [5.41, 5.74) is 2.04. The summed E-state index contributed by atoms with van der Waals surface area (Å²) in [4.78, 5) is 39.9. The number of ether oxygens (including phenoxy) is 1. The third-order valence-corrected chi connectivity index (χ3v) is 7.05. The Bertz CT molecular complexity index is 1340. The maximum absolute atomic E-state index is 12.8. The number of thiophene rings is 1. The minimum absolute atomic E-state index is 0.0120. The number of pyridine rings is 1. The number of thioether (sulfide) groups is 1. The summed E-state index contributed by atoms with van der Waals surface area (Å²) in [6.07, 6.45) is 1.66. The van der Waals surface area contributed by atoms with Crippen molar-refractivity contribution in [3.05, 3.63) is 75.5 Å². The van der Waals surface area contributed by atoms with E-state index in [9.17, 15) is 9.59 Å². The molecule has 33 heavy (non-hydrogen) atoms. The van der Waals surface area contributed by atoms with Crippen molar-refractivity contribution in [3.63, 3.8) is 0 Å². The third kappa shape index (κ3) is 5.37. The van der Waals surface area contributed by atoms with E-state index in [2.05, 4.69) is 20.3 Å². The van der Waals surface area contributed by atoms with Gasteiger partial charge in [-0.3, -0.25) is 14.6 Å². The van der Waals surface area contributed by atoms with Crippen molar-refractivity contribution in [2.45, 2.75) is 25.4 Å². The Morgan fingerprint density at radius 3 is 2.76 bits per heavy atom. The van der Waals surface area contributed by atoms with Gasteiger partial charge in [-0.05, 0) is 56.3 Å². The number of methoxy groups -OCH3 is 1. The van der Waals surface area contributed by atoms with Crippen LogP contribution in [-0.2, 0) is 6.54 Å². The van der Waals surface area contributed by atoms with Crippen molar-refractivity contribution in [2.75, 3.05) is 12.9 Å². The van der Waals surface area contributed by atoms with Crippen molar-refractivity contribution in [2.24, 2.45) is 0 Å². The molecule has 1 N–H and O–H groups in total. The Labute approximate surface area is 199 Å². The number of Topliss-reactive ketones (excluding diaryl/α,β-unsaturated/α-hetero) is 1. The first kappa shape index (κ1) is 22.9. The first-order valence-electron chi connectivity index (χ1n) is 10.2. The predicted octanol–water partition coefficient (Wildman–Crippen LogP) is 4.62. The topological polar surface area (TPSA) is 94.1 Å². The molecule has 0 atom stereocenters. The molecule has 0 saturated carbocycles. The zero-order chi connectivity index (χ0) is 23.4. The highest BCUT2D eigenvalue weighted by atomic mass is 32.2. The number of carbonyl (C=O) groups is 2. The number of hydrogen-bond donors (Lipinski definition) is 1. The van der Waals surface area contributed by atoms with Crippen molar-refractivity contribution >= 4 is 45.7 Å². The third-order valence-electron chi connectivity index (χ3n) is 4.93. The Balaban J connectivity index is 1.40. The Morgan fingerprint density at radius 2 is 1.97 bits per heavy atom. The van der Waals surface area contributed by atoms with Crippen LogP contribution >= 0.6 is 23.1 Å². The maximum Gasteiger partial charge on any atom is 0.253 e. The molecule has 0 aliphatic heterocycles. The molecule has 0 fully saturated rings. The molecule has 0 spiro atoms. The van der Waals surface area contributed by atoms with Gasteiger partial charge in [0.15, 0.2) is 5.78 Å². The summed E-state index contributed by atoms with van der Waals surface area (Å²) in [6, 6.07) is 12.8. The van der Waals surface area contributed by atoms with E-state index in [4.69, 9.17) is 4.74 Å². The van der Waals surface area contributed by atoms with E-state index in [1.807, 2.05) is 31.2 Å². The summed E-state index contributed by atoms with van der Waals surface area (Å²) < 4.78 is 5.32. The maximum atomic E-state index is 12.8. The molecular weight excluding hydrogens is 456 g/mol. The summed E-state index contributed by atoms with van der Waals surface area (Å²) in [7, 11) is 1.61. The van der Waals surface area contributed by atoms with Gasteiger partial charge in [-0.25, -0.2) is 9.97 Å². The molecular formula is C24H22N4O3S2. The average molecular weight is 479 g/mol. The highest BCUT2D eigenvalue weighted by Crippen LogP contribution is 2.29. The molecule has 3 heterocycles. The largest absolute Gasteiger partial charge is 0.497 e. The van der Waals surface area contributed by atoms with Crippen LogP contribution in [0.1, 0.15) is 36.4 Å². The standard InChI is InChI=1S/C24H22N4O3S2/c1-14-18(5-4-10-25-14)23(30)26-12-17-7-9-22(33-17)21(29)13-32-24-19-11-16(31-3)6-8-20(19)27-15(2)28-24/h4-11H,12-13H2,1-3H3,(H,26,30). The first-order valence-corrected chi connectivity index (χ1v) is 12.0. The second kappa shape index (κ2) is 10.1. The minimum Gasteiger partial charge on any atom is -0.497 e. The van der Waals surface area contributed by atoms with E-state index in [0.717, 1.165) is 26.6 Å². The van der Waals surface area contributed by atoms with Crippen LogP contribution in [0.5, 0.6) is 5.75 Å². The van der Waals surface area contributed by atoms with E-state index in [0.29, 0.717) is 28.5 Å². The number of aryl methyl sites for hydroxylation is 2. The SMILES string of the molecule is COc1ccc2nc(C)nc(SCC(=O)c3ccc(CNC(=O)c4cccnc4C)s3)c2c1. The molecule has 0 radical (unpaired) electrons. The van der Waals surface area contributed by atoms with E-state index >= 15 is 0 Å². The number of fused-ring (bicyclic) bond motifs is 1. The van der Waals surface area contributed by atoms with Gasteiger partial charge in [0.05, 0.1) is 35.4 Å². The number of amides is 1. The average Bonchev–Trinajstić information content (AvgIpc) is 3.30. The van der Waals surface area contributed by atoms with E-state index in [1.54, 1.807) is 38.4 Å². The van der Waals surface area contributed by atoms with Gasteiger partial charge in [0, 0.05) is 22.2 Å². The van der Waals surface area contributed by atoms with Crippen LogP contribution in [-0.4, -0.2) is 39.5 Å². The van der Waals surface area contributed by atoms with Crippen LogP contribution in [0.4, 0.5) is 0 Å². The fraction of sp³-hybridized carbons (Fsp3) is 0.208. The highest BCUT2D eigenvalue weighted by Gasteiger charge is 2.15. The fourth-order valence-corrected chi connectivity index (χ4v) is 5.16. The number of ketones is 1. The lowest BCUT2D eigenvalue weighted by molar-refractivity contribution is 0.0949. The molecule has 1 aromatic carbocycles. The van der Waals surface area contributed by atoms with E-state index < -0.39 is 0 Å². The summed E-state index contributed by atoms with van der Waals surface area (Å²) in [6.45, 7) is 3.99. The minimum atomic E-state index is -0.182. The van der Waals surface area contributed by atoms with Crippen LogP contribution < -0.4 is 10.1 Å². The molecule has 0 saturated heterocycles. The summed E-state index contributed by atoms with van der Waals surface area (Å²) >= 11 is 2.77. The van der Waals surface area contributed by atoms with Crippen LogP contribution in [0.15, 0.2) is 53.7 Å². The van der Waals surface area contributed by atoms with Gasteiger partial charge in [0.2, 0.25) is 0 Å². The molecule has 0 unspecified atom stereocenters. The van der Waals surface area contributed by atoms with Gasteiger partial charge >= 0.3 is 0 Å². The second-order valence-corrected chi connectivity index (χ2v) is 9.39. The van der Waals surface area contributed by atoms with Crippen molar-refractivity contribution in [1.82, 2.24) is 20.3 Å². The summed E-state index contributed by atoms with van der Waals surface area (Å²) in [5, 5.41) is 4.50. The number of nitrogens with zero attached hydrogens (tertiary/aromatic N) is 3. The molecule has 168 valence electrons. The van der Waals surface area contributed by atoms with Crippen molar-refractivity contribution in [3.8, 4) is 5.75 Å². The van der Waals surface area contributed by atoms with Crippen LogP contribution in [0.25, 0.3) is 10.9 Å². The quantitative estimate of drug-likeness (QED) is 0.224. The van der Waals surface area contributed by atoms with Crippen LogP contribution in [0, 0.1) is 13.8 Å². The lowest BCUT2D eigenvalue weighted by Gasteiger charge is -2.08. The van der Waals surface area contributed by atoms with Gasteiger partial charge < -0.3 is 10.1 Å². The van der Waals surface area contributed by atoms with Crippen LogP contribution in [0.2, 0.25) is 0 Å². The number of benzene rings is 1. The second-order valence-electron chi connectivity index (χ2n) is 7.26. The number of aromatic nitrogens is 3. The molecule has 0 bridgehead atoms. The van der Waals surface area contributed by atoms with Crippen molar-refractivity contribution in [1.29, 1.82) is 0 Å². The van der Waals surface area contributed by atoms with Gasteiger partial charge in [0.25, 0.3) is 5.91 Å². The number of carbonyl (C=O) groups excluding carboxylic acids is 2. The Kier molecular flexibility index (Phi) is 7.00. The lowest BCUT2D eigenvalue weighted by Crippen LogP contribution is -2.23. The van der Waals surface area contributed by atoms with E-state index in [-0.39, 0.29) is 17.4 Å². The zero-order valence-corrected chi connectivity index (χ0v) is 20.0. The number of hydrogen-bond acceptors (Lipinski definition) is 8. The summed E-state index contributed by atoms with van der Waals surface area (Å²) in [5.74, 6) is 1.45. The highest BCUT2D eigenvalue weighted by molar-refractivity contribution is 8.00. The van der Waals surface area contributed by atoms with Gasteiger partial charge in [-0.15, -0.1) is 11.3 Å². The number of rotatable bonds is 8. The molecule has 9 heteroatoms. The van der Waals surface area contributed by atoms with Gasteiger partial charge in [0.1, 0.15) is 16.6 Å². The molecule has 0 aliphatic rings. The van der Waals surface area contributed by atoms with Crippen LogP contribution in [0.3, 0.4) is 0 Å². The van der Waals surface area contributed by atoms with E-state index in [1.165, 1.54) is 23.1 Å². The Hall–Kier alpha value is -3.30. The monoisotopic (exact) mass is 478 g/mol. The molecule has 1 amide bonds. The first-order chi connectivity index (χ1) is 15.9. The predicted molar refractivity (Wildman–Crippen MR) is 130 cm³/mol. The molecule has 3 aromatic heterocycles. The molecule has 4 rings (SSSR count). The molecule has 4 aromatic rings. The fourth-order valence-electron chi connectivity index (χ4n) is 3.24. The number of nitrogens with one attached hydrogen (secondary N) is 1. The lowest BCUT2D eigenvalue weighted by atomic mass is 10.2. The van der Waals surface area contributed by atoms with Gasteiger partial charge in [-0.1, -0.05) is 11.8 Å². The molecule has 0 aliphatic carbocycles. The zero-order valence-electron chi connectivity index (χ0n) is 18.4. The Morgan fingerprint density at radius 1 is 1.12 bits per heavy atom. The normalized spacial score (nSPS) is 10.9.